The summed E-state index contributed by atoms with van der Waals surface area (Å²) in [4.78, 5) is 27.5. The topological polar surface area (TPSA) is 79.3 Å². The van der Waals surface area contributed by atoms with Gasteiger partial charge < -0.3 is 10.4 Å². The molecule has 20 heavy (non-hydrogen) atoms. The molecule has 1 saturated carbocycles. The van der Waals surface area contributed by atoms with Gasteiger partial charge in [-0.25, -0.2) is 0 Å². The monoisotopic (exact) mass is 276 g/mol. The molecule has 1 amide bonds. The van der Waals surface area contributed by atoms with Crippen LogP contribution < -0.4 is 5.32 Å². The summed E-state index contributed by atoms with van der Waals surface area (Å²) in [6.45, 7) is 2.30. The number of aromatic nitrogens is 1. The number of aliphatic carboxylic acids is 1. The molecule has 0 bridgehead atoms. The van der Waals surface area contributed by atoms with E-state index in [-0.39, 0.29) is 5.91 Å². The van der Waals surface area contributed by atoms with Gasteiger partial charge >= 0.3 is 5.97 Å². The van der Waals surface area contributed by atoms with E-state index in [1.165, 1.54) is 0 Å². The lowest BCUT2D eigenvalue weighted by Crippen LogP contribution is -2.39. The third-order valence-corrected chi connectivity index (χ3v) is 3.86. The molecule has 0 spiro atoms. The number of carboxylic acids is 1. The Hall–Kier alpha value is -1.91. The van der Waals surface area contributed by atoms with Crippen LogP contribution in [0.3, 0.4) is 0 Å². The van der Waals surface area contributed by atoms with Crippen LogP contribution in [0.4, 0.5) is 0 Å². The lowest BCUT2D eigenvalue weighted by Gasteiger charge is -2.27. The molecule has 0 aromatic carbocycles. The second-order valence-electron chi connectivity index (χ2n) is 5.36. The zero-order chi connectivity index (χ0) is 14.5. The molecule has 0 unspecified atom stereocenters. The number of rotatable bonds is 4. The molecular weight excluding hydrogens is 256 g/mol. The van der Waals surface area contributed by atoms with Crippen molar-refractivity contribution in [3.05, 3.63) is 29.6 Å². The minimum absolute atomic E-state index is 0.155. The average molecular weight is 276 g/mol. The highest BCUT2D eigenvalue weighted by atomic mass is 16.4. The molecule has 2 N–H and O–H groups in total. The van der Waals surface area contributed by atoms with Crippen LogP contribution in [-0.4, -0.2) is 22.0 Å². The van der Waals surface area contributed by atoms with Crippen LogP contribution in [0.5, 0.6) is 0 Å². The normalized spacial score (nSPS) is 22.2. The molecule has 1 fully saturated rings. The molecule has 5 nitrogen and oxygen atoms in total. The zero-order valence-electron chi connectivity index (χ0n) is 11.6. The van der Waals surface area contributed by atoms with Crippen LogP contribution in [0.1, 0.15) is 36.9 Å². The van der Waals surface area contributed by atoms with Crippen LogP contribution in [0.15, 0.2) is 18.3 Å². The van der Waals surface area contributed by atoms with Gasteiger partial charge in [0.2, 0.25) is 5.91 Å². The van der Waals surface area contributed by atoms with E-state index in [0.29, 0.717) is 19.4 Å². The second kappa shape index (κ2) is 6.50. The molecule has 108 valence electrons. The first-order valence-electron chi connectivity index (χ1n) is 7.00. The molecule has 0 saturated heterocycles. The van der Waals surface area contributed by atoms with Gasteiger partial charge in [-0.2, -0.15) is 0 Å². The highest BCUT2D eigenvalue weighted by Gasteiger charge is 2.35. The molecule has 1 aliphatic rings. The van der Waals surface area contributed by atoms with Gasteiger partial charge in [-0.3, -0.25) is 14.6 Å². The summed E-state index contributed by atoms with van der Waals surface area (Å²) in [5.41, 5.74) is 1.85. The standard InChI is InChI=1S/C15H20N2O3/c1-10-6-7-11(8-16-10)9-17-14(18)12-4-2-3-5-13(12)15(19)20/h6-8,12-13H,2-5,9H2,1H3,(H,17,18)(H,19,20)/t12-,13+/m1/s1. The van der Waals surface area contributed by atoms with Crippen molar-refractivity contribution in [2.24, 2.45) is 11.8 Å². The number of hydrogen-bond acceptors (Lipinski definition) is 3. The Morgan fingerprint density at radius 1 is 1.30 bits per heavy atom. The lowest BCUT2D eigenvalue weighted by molar-refractivity contribution is -0.148. The molecule has 1 aliphatic carbocycles. The Morgan fingerprint density at radius 3 is 2.60 bits per heavy atom. The first-order valence-corrected chi connectivity index (χ1v) is 7.00. The van der Waals surface area contributed by atoms with Crippen molar-refractivity contribution in [2.45, 2.75) is 39.2 Å². The Kier molecular flexibility index (Phi) is 4.71. The number of nitrogens with one attached hydrogen (secondary N) is 1. The maximum Gasteiger partial charge on any atom is 0.307 e. The van der Waals surface area contributed by atoms with Crippen LogP contribution >= 0.6 is 0 Å². The smallest absolute Gasteiger partial charge is 0.307 e. The van der Waals surface area contributed by atoms with Crippen LogP contribution in [0.2, 0.25) is 0 Å². The number of carboxylic acid groups (broad SMARTS) is 1. The maximum atomic E-state index is 12.2. The summed E-state index contributed by atoms with van der Waals surface area (Å²) in [6, 6.07) is 3.81. The number of nitrogens with zero attached hydrogens (tertiary/aromatic N) is 1. The van der Waals surface area contributed by atoms with E-state index in [4.69, 9.17) is 0 Å². The first-order chi connectivity index (χ1) is 9.58. The molecule has 0 aliphatic heterocycles. The van der Waals surface area contributed by atoms with E-state index in [1.807, 2.05) is 19.1 Å². The van der Waals surface area contributed by atoms with Crippen molar-refractivity contribution in [1.29, 1.82) is 0 Å². The fraction of sp³-hybridized carbons (Fsp3) is 0.533. The van der Waals surface area contributed by atoms with Crippen molar-refractivity contribution >= 4 is 11.9 Å². The van der Waals surface area contributed by atoms with Crippen molar-refractivity contribution in [3.63, 3.8) is 0 Å². The summed E-state index contributed by atoms with van der Waals surface area (Å²) in [5, 5.41) is 12.0. The minimum atomic E-state index is -0.859. The third kappa shape index (κ3) is 3.56. The Morgan fingerprint density at radius 2 is 2.00 bits per heavy atom. The number of carbonyl (C=O) groups is 2. The quantitative estimate of drug-likeness (QED) is 0.880. The second-order valence-corrected chi connectivity index (χ2v) is 5.36. The van der Waals surface area contributed by atoms with Crippen LogP contribution in [0, 0.1) is 18.8 Å². The molecule has 2 atom stereocenters. The van der Waals surface area contributed by atoms with E-state index in [2.05, 4.69) is 10.3 Å². The molecular formula is C15H20N2O3. The highest BCUT2D eigenvalue weighted by Crippen LogP contribution is 2.30. The van der Waals surface area contributed by atoms with E-state index >= 15 is 0 Å². The summed E-state index contributed by atoms with van der Waals surface area (Å²) < 4.78 is 0. The minimum Gasteiger partial charge on any atom is -0.481 e. The number of pyridine rings is 1. The van der Waals surface area contributed by atoms with Crippen molar-refractivity contribution in [2.75, 3.05) is 0 Å². The molecule has 1 aromatic rings. The predicted octanol–water partition coefficient (Wildman–Crippen LogP) is 1.90. The molecule has 0 radical (unpaired) electrons. The van der Waals surface area contributed by atoms with Crippen LogP contribution in [-0.2, 0) is 16.1 Å². The van der Waals surface area contributed by atoms with Gasteiger partial charge in [0, 0.05) is 18.4 Å². The number of carbonyl (C=O) groups excluding carboxylic acids is 1. The largest absolute Gasteiger partial charge is 0.481 e. The van der Waals surface area contributed by atoms with Gasteiger partial charge in [0.15, 0.2) is 0 Å². The number of hydrogen-bond donors (Lipinski definition) is 2. The predicted molar refractivity (Wildman–Crippen MR) is 73.9 cm³/mol. The average Bonchev–Trinajstić information content (AvgIpc) is 2.46. The number of aryl methyl sites for hydroxylation is 1. The Bertz CT molecular complexity index is 484. The summed E-state index contributed by atoms with van der Waals surface area (Å²) in [5.74, 6) is -1.96. The number of amides is 1. The van der Waals surface area contributed by atoms with Crippen molar-refractivity contribution < 1.29 is 14.7 Å². The van der Waals surface area contributed by atoms with E-state index in [1.54, 1.807) is 6.20 Å². The summed E-state index contributed by atoms with van der Waals surface area (Å²) >= 11 is 0. The molecule has 2 rings (SSSR count). The highest BCUT2D eigenvalue weighted by molar-refractivity contribution is 5.84. The first kappa shape index (κ1) is 14.5. The molecule has 5 heteroatoms. The SMILES string of the molecule is Cc1ccc(CNC(=O)[C@@H]2CCCC[C@@H]2C(=O)O)cn1. The fourth-order valence-electron chi connectivity index (χ4n) is 2.66. The maximum absolute atomic E-state index is 12.2. The van der Waals surface area contributed by atoms with Crippen molar-refractivity contribution in [3.8, 4) is 0 Å². The van der Waals surface area contributed by atoms with Gasteiger partial charge in [0.25, 0.3) is 0 Å². The summed E-state index contributed by atoms with van der Waals surface area (Å²) in [6.07, 6.45) is 4.80. The van der Waals surface area contributed by atoms with Gasteiger partial charge in [0.05, 0.1) is 11.8 Å². The van der Waals surface area contributed by atoms with Crippen LogP contribution in [0.25, 0.3) is 0 Å². The van der Waals surface area contributed by atoms with Gasteiger partial charge in [-0.1, -0.05) is 18.9 Å². The van der Waals surface area contributed by atoms with Gasteiger partial charge in [-0.05, 0) is 31.4 Å². The van der Waals surface area contributed by atoms with Gasteiger partial charge in [0.1, 0.15) is 0 Å². The Balaban J connectivity index is 1.93. The van der Waals surface area contributed by atoms with E-state index in [9.17, 15) is 14.7 Å². The third-order valence-electron chi connectivity index (χ3n) is 3.86. The fourth-order valence-corrected chi connectivity index (χ4v) is 2.66. The van der Waals surface area contributed by atoms with E-state index < -0.39 is 17.8 Å². The molecule has 1 aromatic heterocycles. The van der Waals surface area contributed by atoms with Gasteiger partial charge in [-0.15, -0.1) is 0 Å². The Labute approximate surface area is 118 Å². The molecule has 1 heterocycles. The summed E-state index contributed by atoms with van der Waals surface area (Å²) in [7, 11) is 0. The zero-order valence-corrected chi connectivity index (χ0v) is 11.6. The van der Waals surface area contributed by atoms with Crippen molar-refractivity contribution in [1.82, 2.24) is 10.3 Å². The van der Waals surface area contributed by atoms with E-state index in [0.717, 1.165) is 24.1 Å². The lowest BCUT2D eigenvalue weighted by atomic mass is 9.78.